The fraction of sp³-hybridized carbons (Fsp3) is 1.00. The Hall–Kier alpha value is -0.220. The summed E-state index contributed by atoms with van der Waals surface area (Å²) in [6.45, 7) is 6.45. The van der Waals surface area contributed by atoms with Crippen molar-refractivity contribution in [3.8, 4) is 0 Å². The van der Waals surface area contributed by atoms with Crippen LogP contribution >= 0.6 is 0 Å². The second-order valence-electron chi connectivity index (χ2n) is 6.04. The molecule has 1 aliphatic heterocycles. The molecular formula is C14H26F2N2. The molecule has 1 N–H and O–H groups in total. The Bertz CT molecular complexity index is 256. The summed E-state index contributed by atoms with van der Waals surface area (Å²) in [5.41, 5.74) is 0. The summed E-state index contributed by atoms with van der Waals surface area (Å²) in [5.74, 6) is 1.52. The summed E-state index contributed by atoms with van der Waals surface area (Å²) in [7, 11) is 0. The average Bonchev–Trinajstić information content (AvgIpc) is 3.19. The van der Waals surface area contributed by atoms with Gasteiger partial charge in [0.2, 0.25) is 0 Å². The van der Waals surface area contributed by atoms with Gasteiger partial charge in [-0.3, -0.25) is 4.90 Å². The lowest BCUT2D eigenvalue weighted by molar-refractivity contribution is 0.0798. The first-order valence-corrected chi connectivity index (χ1v) is 7.35. The molecule has 0 amide bonds. The van der Waals surface area contributed by atoms with E-state index in [0.29, 0.717) is 12.0 Å². The Morgan fingerprint density at radius 3 is 2.56 bits per heavy atom. The molecule has 0 aromatic rings. The van der Waals surface area contributed by atoms with Gasteiger partial charge in [-0.25, -0.2) is 8.78 Å². The number of piperidine rings is 1. The number of halogens is 2. The standard InChI is InChI=1S/C14H26F2N2/c1-3-11-6-13(17-7-14(15)16)9-18(8-11)10(2)12-4-5-12/h10-14,17H,3-9H2,1-2H3. The van der Waals surface area contributed by atoms with Gasteiger partial charge in [0.1, 0.15) is 0 Å². The zero-order valence-corrected chi connectivity index (χ0v) is 11.5. The number of nitrogens with one attached hydrogen (secondary N) is 1. The van der Waals surface area contributed by atoms with E-state index in [0.717, 1.165) is 31.8 Å². The monoisotopic (exact) mass is 260 g/mol. The van der Waals surface area contributed by atoms with Gasteiger partial charge in [0.15, 0.2) is 0 Å². The van der Waals surface area contributed by atoms with Crippen molar-refractivity contribution in [1.82, 2.24) is 10.2 Å². The van der Waals surface area contributed by atoms with Gasteiger partial charge in [-0.15, -0.1) is 0 Å². The zero-order valence-electron chi connectivity index (χ0n) is 11.5. The largest absolute Gasteiger partial charge is 0.307 e. The Morgan fingerprint density at radius 2 is 2.00 bits per heavy atom. The first-order chi connectivity index (χ1) is 8.60. The van der Waals surface area contributed by atoms with E-state index in [1.165, 1.54) is 12.8 Å². The highest BCUT2D eigenvalue weighted by atomic mass is 19.3. The number of alkyl halides is 2. The van der Waals surface area contributed by atoms with Gasteiger partial charge in [0, 0.05) is 25.2 Å². The van der Waals surface area contributed by atoms with E-state index in [4.69, 9.17) is 0 Å². The van der Waals surface area contributed by atoms with E-state index in [1.54, 1.807) is 0 Å². The maximum atomic E-state index is 12.3. The Balaban J connectivity index is 1.86. The maximum Gasteiger partial charge on any atom is 0.250 e. The fourth-order valence-corrected chi connectivity index (χ4v) is 3.15. The van der Waals surface area contributed by atoms with Gasteiger partial charge in [-0.2, -0.15) is 0 Å². The third-order valence-corrected chi connectivity index (χ3v) is 4.58. The van der Waals surface area contributed by atoms with Crippen molar-refractivity contribution < 1.29 is 8.78 Å². The lowest BCUT2D eigenvalue weighted by Gasteiger charge is -2.41. The molecule has 0 bridgehead atoms. The molecule has 0 spiro atoms. The number of rotatable bonds is 6. The quantitative estimate of drug-likeness (QED) is 0.790. The summed E-state index contributed by atoms with van der Waals surface area (Å²) < 4.78 is 24.6. The molecule has 2 rings (SSSR count). The van der Waals surface area contributed by atoms with Crippen LogP contribution in [-0.2, 0) is 0 Å². The molecule has 106 valence electrons. The van der Waals surface area contributed by atoms with Crippen molar-refractivity contribution in [3.63, 3.8) is 0 Å². The summed E-state index contributed by atoms with van der Waals surface area (Å²) in [6.07, 6.45) is 2.67. The van der Waals surface area contributed by atoms with Gasteiger partial charge in [-0.05, 0) is 38.0 Å². The van der Waals surface area contributed by atoms with Crippen molar-refractivity contribution in [3.05, 3.63) is 0 Å². The summed E-state index contributed by atoms with van der Waals surface area (Å²) in [6, 6.07) is 0.883. The van der Waals surface area contributed by atoms with Crippen LogP contribution in [0.5, 0.6) is 0 Å². The molecule has 1 heterocycles. The minimum atomic E-state index is -2.23. The van der Waals surface area contributed by atoms with Crippen LogP contribution in [-0.4, -0.2) is 43.0 Å². The fourth-order valence-electron chi connectivity index (χ4n) is 3.15. The summed E-state index contributed by atoms with van der Waals surface area (Å²) >= 11 is 0. The molecule has 18 heavy (non-hydrogen) atoms. The molecule has 0 aromatic heterocycles. The van der Waals surface area contributed by atoms with Crippen LogP contribution in [0, 0.1) is 11.8 Å². The molecule has 1 saturated heterocycles. The molecule has 3 atom stereocenters. The van der Waals surface area contributed by atoms with Crippen LogP contribution in [0.2, 0.25) is 0 Å². The van der Waals surface area contributed by atoms with Crippen LogP contribution in [0.4, 0.5) is 8.78 Å². The lowest BCUT2D eigenvalue weighted by Crippen LogP contribution is -2.53. The lowest BCUT2D eigenvalue weighted by atomic mass is 9.90. The molecule has 3 unspecified atom stereocenters. The highest BCUT2D eigenvalue weighted by molar-refractivity contribution is 4.91. The number of hydrogen-bond donors (Lipinski definition) is 1. The van der Waals surface area contributed by atoms with Crippen LogP contribution in [0.3, 0.4) is 0 Å². The van der Waals surface area contributed by atoms with Crippen molar-refractivity contribution in [2.24, 2.45) is 11.8 Å². The van der Waals surface area contributed by atoms with Gasteiger partial charge in [0.25, 0.3) is 6.43 Å². The maximum absolute atomic E-state index is 12.3. The van der Waals surface area contributed by atoms with Crippen molar-refractivity contribution in [1.29, 1.82) is 0 Å². The van der Waals surface area contributed by atoms with Gasteiger partial charge >= 0.3 is 0 Å². The highest BCUT2D eigenvalue weighted by Gasteiger charge is 2.36. The minimum absolute atomic E-state index is 0.160. The van der Waals surface area contributed by atoms with Crippen molar-refractivity contribution in [2.75, 3.05) is 19.6 Å². The first-order valence-electron chi connectivity index (χ1n) is 7.35. The molecule has 1 saturated carbocycles. The first kappa shape index (κ1) is 14.2. The van der Waals surface area contributed by atoms with Crippen LogP contribution in [0.25, 0.3) is 0 Å². The third-order valence-electron chi connectivity index (χ3n) is 4.58. The van der Waals surface area contributed by atoms with E-state index in [2.05, 4.69) is 24.1 Å². The molecule has 0 radical (unpaired) electrons. The van der Waals surface area contributed by atoms with Crippen molar-refractivity contribution in [2.45, 2.75) is 58.0 Å². The molecule has 1 aliphatic carbocycles. The molecular weight excluding hydrogens is 234 g/mol. The molecule has 2 aliphatic rings. The Morgan fingerprint density at radius 1 is 1.28 bits per heavy atom. The Kier molecular flexibility index (Phi) is 4.96. The Labute approximate surface area is 109 Å². The minimum Gasteiger partial charge on any atom is -0.307 e. The average molecular weight is 260 g/mol. The van der Waals surface area contributed by atoms with Gasteiger partial charge in [-0.1, -0.05) is 13.3 Å². The smallest absolute Gasteiger partial charge is 0.250 e. The summed E-state index contributed by atoms with van der Waals surface area (Å²) in [4.78, 5) is 2.53. The van der Waals surface area contributed by atoms with Crippen LogP contribution in [0.15, 0.2) is 0 Å². The van der Waals surface area contributed by atoms with E-state index in [-0.39, 0.29) is 12.6 Å². The molecule has 0 aromatic carbocycles. The molecule has 2 fully saturated rings. The molecule has 2 nitrogen and oxygen atoms in total. The van der Waals surface area contributed by atoms with E-state index in [9.17, 15) is 8.78 Å². The van der Waals surface area contributed by atoms with E-state index < -0.39 is 6.43 Å². The SMILES string of the molecule is CCC1CC(NCC(F)F)CN(C(C)C2CC2)C1. The van der Waals surface area contributed by atoms with Gasteiger partial charge in [0.05, 0.1) is 6.54 Å². The second-order valence-corrected chi connectivity index (χ2v) is 6.04. The third kappa shape index (κ3) is 3.89. The van der Waals surface area contributed by atoms with Crippen LogP contribution < -0.4 is 5.32 Å². The van der Waals surface area contributed by atoms with E-state index in [1.807, 2.05) is 0 Å². The zero-order chi connectivity index (χ0) is 13.1. The second kappa shape index (κ2) is 6.29. The van der Waals surface area contributed by atoms with Gasteiger partial charge < -0.3 is 5.32 Å². The predicted molar refractivity (Wildman–Crippen MR) is 70.0 cm³/mol. The van der Waals surface area contributed by atoms with Crippen LogP contribution in [0.1, 0.15) is 39.5 Å². The molecule has 4 heteroatoms. The predicted octanol–water partition coefficient (Wildman–Crippen LogP) is 2.74. The number of likely N-dealkylation sites (tertiary alicyclic amines) is 1. The highest BCUT2D eigenvalue weighted by Crippen LogP contribution is 2.36. The number of nitrogens with zero attached hydrogens (tertiary/aromatic N) is 1. The van der Waals surface area contributed by atoms with E-state index >= 15 is 0 Å². The number of hydrogen-bond acceptors (Lipinski definition) is 2. The summed E-state index contributed by atoms with van der Waals surface area (Å²) in [5, 5.41) is 3.04. The van der Waals surface area contributed by atoms with Crippen molar-refractivity contribution >= 4 is 0 Å². The normalized spacial score (nSPS) is 31.8. The topological polar surface area (TPSA) is 15.3 Å².